The molecule has 2 aliphatic rings. The molecule has 136 valence electrons. The molecule has 0 aliphatic carbocycles. The minimum absolute atomic E-state index is 0.192. The lowest BCUT2D eigenvalue weighted by atomic mass is 10.0. The molecule has 0 bridgehead atoms. The minimum Gasteiger partial charge on any atom is -0.339 e. The first-order valence-electron chi connectivity index (χ1n) is 9.96. The van der Waals surface area contributed by atoms with E-state index in [1.54, 1.807) is 0 Å². The molecule has 2 fully saturated rings. The molecule has 4 rings (SSSR count). The Hall–Kier alpha value is -2.13. The van der Waals surface area contributed by atoms with Gasteiger partial charge in [-0.05, 0) is 61.9 Å². The number of likely N-dealkylation sites (tertiary alicyclic amines) is 2. The smallest absolute Gasteiger partial charge is 0.253 e. The number of carbonyl (C=O) groups excluding carboxylic acids is 1. The van der Waals surface area contributed by atoms with Crippen molar-refractivity contribution in [2.45, 2.75) is 44.7 Å². The maximum Gasteiger partial charge on any atom is 0.253 e. The van der Waals surface area contributed by atoms with E-state index in [2.05, 4.69) is 47.4 Å². The Kier molecular flexibility index (Phi) is 5.35. The highest BCUT2D eigenvalue weighted by Crippen LogP contribution is 2.23. The number of hydrogen-bond donors (Lipinski definition) is 0. The number of amides is 1. The van der Waals surface area contributed by atoms with Crippen LogP contribution in [0.15, 0.2) is 54.6 Å². The molecule has 1 unspecified atom stereocenters. The third-order valence-corrected chi connectivity index (χ3v) is 5.79. The van der Waals surface area contributed by atoms with E-state index in [-0.39, 0.29) is 5.91 Å². The van der Waals surface area contributed by atoms with Crippen molar-refractivity contribution in [2.75, 3.05) is 19.6 Å². The Balaban J connectivity index is 1.37. The van der Waals surface area contributed by atoms with Gasteiger partial charge < -0.3 is 4.90 Å². The monoisotopic (exact) mass is 348 g/mol. The van der Waals surface area contributed by atoms with E-state index >= 15 is 0 Å². The van der Waals surface area contributed by atoms with Crippen LogP contribution >= 0.6 is 0 Å². The molecule has 0 radical (unpaired) electrons. The van der Waals surface area contributed by atoms with E-state index in [1.807, 2.05) is 17.0 Å². The van der Waals surface area contributed by atoms with Crippen LogP contribution in [-0.2, 0) is 13.0 Å². The zero-order chi connectivity index (χ0) is 17.8. The Bertz CT molecular complexity index is 720. The molecule has 0 spiro atoms. The fourth-order valence-electron chi connectivity index (χ4n) is 4.31. The Labute approximate surface area is 156 Å². The predicted molar refractivity (Wildman–Crippen MR) is 105 cm³/mol. The molecule has 0 N–H and O–H groups in total. The van der Waals surface area contributed by atoms with Crippen LogP contribution in [0, 0.1) is 0 Å². The second-order valence-electron chi connectivity index (χ2n) is 7.65. The average molecular weight is 348 g/mol. The molecule has 2 saturated heterocycles. The summed E-state index contributed by atoms with van der Waals surface area (Å²) >= 11 is 0. The van der Waals surface area contributed by atoms with E-state index in [9.17, 15) is 4.79 Å². The number of benzene rings is 2. The van der Waals surface area contributed by atoms with E-state index in [0.29, 0.717) is 6.04 Å². The van der Waals surface area contributed by atoms with Gasteiger partial charge in [-0.15, -0.1) is 0 Å². The lowest BCUT2D eigenvalue weighted by Crippen LogP contribution is -2.30. The Morgan fingerprint density at radius 3 is 2.31 bits per heavy atom. The maximum atomic E-state index is 12.5. The number of rotatable bonds is 5. The lowest BCUT2D eigenvalue weighted by molar-refractivity contribution is 0.0793. The fraction of sp³-hybridized carbons (Fsp3) is 0.435. The van der Waals surface area contributed by atoms with Crippen molar-refractivity contribution >= 4 is 5.91 Å². The summed E-state index contributed by atoms with van der Waals surface area (Å²) in [4.78, 5) is 17.1. The molecule has 26 heavy (non-hydrogen) atoms. The van der Waals surface area contributed by atoms with Gasteiger partial charge in [0.15, 0.2) is 0 Å². The molecule has 1 amide bonds. The second-order valence-corrected chi connectivity index (χ2v) is 7.65. The molecule has 0 aromatic heterocycles. The van der Waals surface area contributed by atoms with Gasteiger partial charge in [0.2, 0.25) is 0 Å². The van der Waals surface area contributed by atoms with Crippen molar-refractivity contribution in [3.63, 3.8) is 0 Å². The van der Waals surface area contributed by atoms with Crippen LogP contribution in [0.25, 0.3) is 0 Å². The molecule has 2 aliphatic heterocycles. The van der Waals surface area contributed by atoms with E-state index in [1.165, 1.54) is 30.5 Å². The molecule has 2 aromatic carbocycles. The van der Waals surface area contributed by atoms with Crippen molar-refractivity contribution in [3.8, 4) is 0 Å². The third kappa shape index (κ3) is 3.99. The van der Waals surface area contributed by atoms with Gasteiger partial charge in [-0.3, -0.25) is 9.69 Å². The van der Waals surface area contributed by atoms with E-state index < -0.39 is 0 Å². The fourth-order valence-corrected chi connectivity index (χ4v) is 4.31. The zero-order valence-corrected chi connectivity index (χ0v) is 15.4. The summed E-state index contributed by atoms with van der Waals surface area (Å²) in [6.07, 6.45) is 5.97. The van der Waals surface area contributed by atoms with Gasteiger partial charge >= 0.3 is 0 Å². The van der Waals surface area contributed by atoms with Gasteiger partial charge in [0, 0.05) is 31.2 Å². The highest BCUT2D eigenvalue weighted by atomic mass is 16.2. The van der Waals surface area contributed by atoms with Crippen LogP contribution in [0.1, 0.15) is 47.2 Å². The van der Waals surface area contributed by atoms with Crippen LogP contribution < -0.4 is 0 Å². The first kappa shape index (κ1) is 17.3. The number of hydrogen-bond acceptors (Lipinski definition) is 2. The van der Waals surface area contributed by atoms with Crippen LogP contribution in [-0.4, -0.2) is 41.4 Å². The molecule has 2 heterocycles. The van der Waals surface area contributed by atoms with Crippen molar-refractivity contribution < 1.29 is 4.79 Å². The summed E-state index contributed by atoms with van der Waals surface area (Å²) in [6, 6.07) is 19.7. The van der Waals surface area contributed by atoms with Crippen LogP contribution in [0.3, 0.4) is 0 Å². The molecule has 1 atom stereocenters. The van der Waals surface area contributed by atoms with Gasteiger partial charge in [-0.1, -0.05) is 42.5 Å². The van der Waals surface area contributed by atoms with Gasteiger partial charge in [0.25, 0.3) is 5.91 Å². The molecule has 3 nitrogen and oxygen atoms in total. The van der Waals surface area contributed by atoms with Crippen LogP contribution in [0.2, 0.25) is 0 Å². The van der Waals surface area contributed by atoms with Crippen molar-refractivity contribution in [1.82, 2.24) is 9.80 Å². The minimum atomic E-state index is 0.192. The number of carbonyl (C=O) groups is 1. The summed E-state index contributed by atoms with van der Waals surface area (Å²) < 4.78 is 0. The summed E-state index contributed by atoms with van der Waals surface area (Å²) in [6.45, 7) is 3.98. The quantitative estimate of drug-likeness (QED) is 0.811. The van der Waals surface area contributed by atoms with Gasteiger partial charge in [-0.25, -0.2) is 0 Å². The highest BCUT2D eigenvalue weighted by Gasteiger charge is 2.25. The van der Waals surface area contributed by atoms with Crippen molar-refractivity contribution in [1.29, 1.82) is 0 Å². The topological polar surface area (TPSA) is 23.6 Å². The van der Waals surface area contributed by atoms with Crippen LogP contribution in [0.5, 0.6) is 0 Å². The van der Waals surface area contributed by atoms with Gasteiger partial charge in [0.05, 0.1) is 0 Å². The summed E-state index contributed by atoms with van der Waals surface area (Å²) in [5, 5.41) is 0. The first-order valence-corrected chi connectivity index (χ1v) is 9.96. The van der Waals surface area contributed by atoms with Gasteiger partial charge in [0.1, 0.15) is 0 Å². The summed E-state index contributed by atoms with van der Waals surface area (Å²) in [7, 11) is 0. The van der Waals surface area contributed by atoms with Crippen molar-refractivity contribution in [3.05, 3.63) is 71.3 Å². The zero-order valence-electron chi connectivity index (χ0n) is 15.4. The lowest BCUT2D eigenvalue weighted by Gasteiger charge is -2.25. The number of nitrogens with zero attached hydrogens (tertiary/aromatic N) is 2. The highest BCUT2D eigenvalue weighted by molar-refractivity contribution is 5.94. The third-order valence-electron chi connectivity index (χ3n) is 5.79. The molecule has 2 aromatic rings. The molecular formula is C23H28N2O. The average Bonchev–Trinajstić information content (AvgIpc) is 3.35. The molecular weight excluding hydrogens is 320 g/mol. The summed E-state index contributed by atoms with van der Waals surface area (Å²) in [5.74, 6) is 0.192. The molecule has 3 heteroatoms. The summed E-state index contributed by atoms with van der Waals surface area (Å²) in [5.41, 5.74) is 3.57. The normalized spacial score (nSPS) is 20.6. The Morgan fingerprint density at radius 1 is 0.846 bits per heavy atom. The molecule has 0 saturated carbocycles. The SMILES string of the molecule is O=C(c1ccc(CN2CCCC2Cc2ccccc2)cc1)N1CCCC1. The van der Waals surface area contributed by atoms with Crippen LogP contribution in [0.4, 0.5) is 0 Å². The first-order chi connectivity index (χ1) is 12.8. The second kappa shape index (κ2) is 8.05. The Morgan fingerprint density at radius 2 is 1.58 bits per heavy atom. The van der Waals surface area contributed by atoms with Gasteiger partial charge in [-0.2, -0.15) is 0 Å². The van der Waals surface area contributed by atoms with E-state index in [4.69, 9.17) is 0 Å². The van der Waals surface area contributed by atoms with E-state index in [0.717, 1.165) is 44.5 Å². The maximum absolute atomic E-state index is 12.5. The largest absolute Gasteiger partial charge is 0.339 e. The van der Waals surface area contributed by atoms with Crippen molar-refractivity contribution in [2.24, 2.45) is 0 Å². The predicted octanol–water partition coefficient (Wildman–Crippen LogP) is 4.13. The standard InChI is InChI=1S/C23H28N2O/c26-23(24-14-4-5-15-24)21-12-10-20(11-13-21)18-25-16-6-9-22(25)17-19-7-2-1-3-8-19/h1-3,7-8,10-13,22H,4-6,9,14-18H2.